The summed E-state index contributed by atoms with van der Waals surface area (Å²) in [5, 5.41) is 3.64. The normalized spacial score (nSPS) is 22.6. The SMILES string of the molecule is CC(C)CNCC(C)(C)CN1CCCC(C(C)(C)C)CC1. The van der Waals surface area contributed by atoms with Crippen LogP contribution in [0.4, 0.5) is 0 Å². The third-order valence-corrected chi connectivity index (χ3v) is 4.85. The Morgan fingerprint density at radius 3 is 2.29 bits per heavy atom. The van der Waals surface area contributed by atoms with Crippen molar-refractivity contribution in [2.24, 2.45) is 22.7 Å². The minimum atomic E-state index is 0.371. The summed E-state index contributed by atoms with van der Waals surface area (Å²) in [5.41, 5.74) is 0.848. The van der Waals surface area contributed by atoms with Gasteiger partial charge in [0.1, 0.15) is 0 Å². The molecule has 0 aromatic carbocycles. The Morgan fingerprint density at radius 1 is 1.05 bits per heavy atom. The van der Waals surface area contributed by atoms with Crippen molar-refractivity contribution in [3.8, 4) is 0 Å². The molecular formula is C19H40N2. The molecule has 0 aliphatic carbocycles. The van der Waals surface area contributed by atoms with Gasteiger partial charge in [0.05, 0.1) is 0 Å². The number of nitrogens with one attached hydrogen (secondary N) is 1. The van der Waals surface area contributed by atoms with Crippen molar-refractivity contribution >= 4 is 0 Å². The van der Waals surface area contributed by atoms with Crippen LogP contribution in [0.1, 0.15) is 67.7 Å². The molecule has 126 valence electrons. The molecule has 0 radical (unpaired) electrons. The molecule has 0 amide bonds. The summed E-state index contributed by atoms with van der Waals surface area (Å²) in [6, 6.07) is 0. The first kappa shape index (κ1) is 19.0. The van der Waals surface area contributed by atoms with Gasteiger partial charge in [-0.1, -0.05) is 48.5 Å². The first-order chi connectivity index (χ1) is 9.60. The molecule has 1 N–H and O–H groups in total. The standard InChI is InChI=1S/C19H40N2/c1-16(2)13-20-14-19(6,7)15-21-11-8-9-17(10-12-21)18(3,4)5/h16-17,20H,8-15H2,1-7H3. The van der Waals surface area contributed by atoms with Crippen LogP contribution in [0.2, 0.25) is 0 Å². The van der Waals surface area contributed by atoms with E-state index in [9.17, 15) is 0 Å². The van der Waals surface area contributed by atoms with Gasteiger partial charge in [0.15, 0.2) is 0 Å². The molecule has 1 heterocycles. The van der Waals surface area contributed by atoms with Crippen LogP contribution in [0.25, 0.3) is 0 Å². The van der Waals surface area contributed by atoms with Crippen molar-refractivity contribution in [1.82, 2.24) is 10.2 Å². The van der Waals surface area contributed by atoms with Gasteiger partial charge in [0, 0.05) is 13.1 Å². The summed E-state index contributed by atoms with van der Waals surface area (Å²) < 4.78 is 0. The first-order valence-electron chi connectivity index (χ1n) is 9.03. The van der Waals surface area contributed by atoms with Gasteiger partial charge in [-0.25, -0.2) is 0 Å². The zero-order valence-corrected chi connectivity index (χ0v) is 15.8. The van der Waals surface area contributed by atoms with E-state index >= 15 is 0 Å². The van der Waals surface area contributed by atoms with Crippen LogP contribution in [-0.2, 0) is 0 Å². The maximum absolute atomic E-state index is 3.64. The first-order valence-corrected chi connectivity index (χ1v) is 9.03. The van der Waals surface area contributed by atoms with E-state index in [4.69, 9.17) is 0 Å². The Morgan fingerprint density at radius 2 is 1.71 bits per heavy atom. The number of nitrogens with zero attached hydrogens (tertiary/aromatic N) is 1. The summed E-state index contributed by atoms with van der Waals surface area (Å²) in [6.45, 7) is 22.7. The molecule has 0 saturated carbocycles. The summed E-state index contributed by atoms with van der Waals surface area (Å²) in [6.07, 6.45) is 4.16. The topological polar surface area (TPSA) is 15.3 Å². The van der Waals surface area contributed by atoms with Crippen molar-refractivity contribution in [1.29, 1.82) is 0 Å². The lowest BCUT2D eigenvalue weighted by Crippen LogP contribution is -2.41. The Bertz CT molecular complexity index is 288. The molecule has 0 aromatic rings. The van der Waals surface area contributed by atoms with E-state index in [0.29, 0.717) is 10.8 Å². The Kier molecular flexibility index (Phi) is 7.19. The zero-order valence-electron chi connectivity index (χ0n) is 15.8. The number of rotatable bonds is 6. The molecule has 1 atom stereocenters. The molecule has 2 heteroatoms. The fourth-order valence-electron chi connectivity index (χ4n) is 3.54. The third-order valence-electron chi connectivity index (χ3n) is 4.85. The number of hydrogen-bond donors (Lipinski definition) is 1. The van der Waals surface area contributed by atoms with Gasteiger partial charge in [-0.3, -0.25) is 0 Å². The molecule has 0 spiro atoms. The maximum Gasteiger partial charge on any atom is 0.00448 e. The average molecular weight is 297 g/mol. The van der Waals surface area contributed by atoms with Gasteiger partial charge < -0.3 is 10.2 Å². The lowest BCUT2D eigenvalue weighted by Gasteiger charge is -2.33. The molecule has 1 aliphatic rings. The van der Waals surface area contributed by atoms with Crippen LogP contribution in [0.15, 0.2) is 0 Å². The van der Waals surface area contributed by atoms with Crippen molar-refractivity contribution < 1.29 is 0 Å². The zero-order chi connectivity index (χ0) is 16.1. The molecular weight excluding hydrogens is 256 g/mol. The largest absolute Gasteiger partial charge is 0.316 e. The van der Waals surface area contributed by atoms with Gasteiger partial charge in [-0.2, -0.15) is 0 Å². The van der Waals surface area contributed by atoms with Crippen LogP contribution < -0.4 is 5.32 Å². The Hall–Kier alpha value is -0.0800. The van der Waals surface area contributed by atoms with Crippen LogP contribution in [0.5, 0.6) is 0 Å². The highest BCUT2D eigenvalue weighted by Crippen LogP contribution is 2.34. The van der Waals surface area contributed by atoms with Crippen molar-refractivity contribution in [3.63, 3.8) is 0 Å². The van der Waals surface area contributed by atoms with Gasteiger partial charge in [0.2, 0.25) is 0 Å². The maximum atomic E-state index is 3.64. The fraction of sp³-hybridized carbons (Fsp3) is 1.00. The highest BCUT2D eigenvalue weighted by atomic mass is 15.1. The summed E-state index contributed by atoms with van der Waals surface area (Å²) >= 11 is 0. The smallest absolute Gasteiger partial charge is 0.00448 e. The van der Waals surface area contributed by atoms with Crippen LogP contribution >= 0.6 is 0 Å². The van der Waals surface area contributed by atoms with Gasteiger partial charge >= 0.3 is 0 Å². The van der Waals surface area contributed by atoms with Crippen molar-refractivity contribution in [2.45, 2.75) is 67.7 Å². The second kappa shape index (κ2) is 7.97. The van der Waals surface area contributed by atoms with E-state index in [1.165, 1.54) is 38.9 Å². The van der Waals surface area contributed by atoms with Gasteiger partial charge in [-0.15, -0.1) is 0 Å². The minimum Gasteiger partial charge on any atom is -0.316 e. The molecule has 0 bridgehead atoms. The summed E-state index contributed by atoms with van der Waals surface area (Å²) in [5.74, 6) is 1.64. The second-order valence-corrected chi connectivity index (χ2v) is 9.46. The van der Waals surface area contributed by atoms with E-state index in [-0.39, 0.29) is 0 Å². The quantitative estimate of drug-likeness (QED) is 0.781. The van der Waals surface area contributed by atoms with Crippen LogP contribution in [0.3, 0.4) is 0 Å². The molecule has 1 aliphatic heterocycles. The number of likely N-dealkylation sites (tertiary alicyclic amines) is 1. The Labute approximate surface area is 134 Å². The fourth-order valence-corrected chi connectivity index (χ4v) is 3.54. The molecule has 1 rings (SSSR count). The van der Waals surface area contributed by atoms with Crippen LogP contribution in [-0.4, -0.2) is 37.6 Å². The molecule has 0 aromatic heterocycles. The second-order valence-electron chi connectivity index (χ2n) is 9.46. The lowest BCUT2D eigenvalue weighted by atomic mass is 9.77. The summed E-state index contributed by atoms with van der Waals surface area (Å²) in [4.78, 5) is 2.71. The predicted octanol–water partition coefficient (Wildman–Crippen LogP) is 4.41. The van der Waals surface area contributed by atoms with Crippen molar-refractivity contribution in [3.05, 3.63) is 0 Å². The van der Waals surface area contributed by atoms with E-state index in [1.54, 1.807) is 0 Å². The van der Waals surface area contributed by atoms with E-state index in [0.717, 1.165) is 24.9 Å². The molecule has 1 unspecified atom stereocenters. The van der Waals surface area contributed by atoms with E-state index in [2.05, 4.69) is 58.7 Å². The van der Waals surface area contributed by atoms with Crippen LogP contribution in [0, 0.1) is 22.7 Å². The average Bonchev–Trinajstić information content (AvgIpc) is 2.52. The van der Waals surface area contributed by atoms with Gasteiger partial charge in [0.25, 0.3) is 0 Å². The minimum absolute atomic E-state index is 0.371. The third kappa shape index (κ3) is 7.65. The number of hydrogen-bond acceptors (Lipinski definition) is 2. The summed E-state index contributed by atoms with van der Waals surface area (Å²) in [7, 11) is 0. The lowest BCUT2D eigenvalue weighted by molar-refractivity contribution is 0.167. The predicted molar refractivity (Wildman–Crippen MR) is 94.7 cm³/mol. The monoisotopic (exact) mass is 296 g/mol. The van der Waals surface area contributed by atoms with E-state index in [1.807, 2.05) is 0 Å². The molecule has 21 heavy (non-hydrogen) atoms. The Balaban J connectivity index is 2.40. The molecule has 2 nitrogen and oxygen atoms in total. The van der Waals surface area contributed by atoms with Crippen molar-refractivity contribution in [2.75, 3.05) is 32.7 Å². The van der Waals surface area contributed by atoms with E-state index < -0.39 is 0 Å². The highest BCUT2D eigenvalue weighted by Gasteiger charge is 2.29. The van der Waals surface area contributed by atoms with Gasteiger partial charge in [-0.05, 0) is 61.6 Å². The highest BCUT2D eigenvalue weighted by molar-refractivity contribution is 4.82. The molecule has 1 fully saturated rings. The molecule has 1 saturated heterocycles.